The van der Waals surface area contributed by atoms with Gasteiger partial charge in [-0.1, -0.05) is 36.5 Å². The highest BCUT2D eigenvalue weighted by molar-refractivity contribution is 7.15. The largest absolute Gasteiger partial charge is 0.373 e. The van der Waals surface area contributed by atoms with Crippen LogP contribution in [0.5, 0.6) is 0 Å². The molecule has 1 aromatic carbocycles. The summed E-state index contributed by atoms with van der Waals surface area (Å²) in [6.45, 7) is 1.97. The minimum Gasteiger partial charge on any atom is -0.358 e. The Morgan fingerprint density at radius 2 is 2.20 bits per heavy atom. The number of thiazole rings is 1. The highest BCUT2D eigenvalue weighted by Gasteiger charge is 2.27. The van der Waals surface area contributed by atoms with E-state index in [0.717, 1.165) is 17.7 Å². The number of nitrogens with zero attached hydrogens (tertiary/aromatic N) is 4. The molecule has 0 radical (unpaired) electrons. The Balaban J connectivity index is 1.79. The SMILES string of the molecule is CCc1ccccc1NC(=O)CN(C)c1nc2sccn2c1[N+](=O)[O-]. The van der Waals surface area contributed by atoms with Crippen LogP contribution in [-0.4, -0.2) is 33.8 Å². The predicted octanol–water partition coefficient (Wildman–Crippen LogP) is 2.94. The molecule has 0 spiro atoms. The van der Waals surface area contributed by atoms with Crippen molar-refractivity contribution in [2.45, 2.75) is 13.3 Å². The fraction of sp³-hybridized carbons (Fsp3) is 0.250. The van der Waals surface area contributed by atoms with E-state index in [1.807, 2.05) is 31.2 Å². The molecule has 3 aromatic rings. The summed E-state index contributed by atoms with van der Waals surface area (Å²) in [5.74, 6) is -0.217. The minimum atomic E-state index is -0.483. The maximum Gasteiger partial charge on any atom is 0.373 e. The number of para-hydroxylation sites is 1. The molecule has 0 aliphatic heterocycles. The second-order valence-electron chi connectivity index (χ2n) is 5.49. The third kappa shape index (κ3) is 3.31. The zero-order chi connectivity index (χ0) is 18.0. The lowest BCUT2D eigenvalue weighted by Crippen LogP contribution is -2.31. The fourth-order valence-corrected chi connectivity index (χ4v) is 3.32. The average Bonchev–Trinajstić information content (AvgIpc) is 3.15. The van der Waals surface area contributed by atoms with Gasteiger partial charge in [0.15, 0.2) is 0 Å². The van der Waals surface area contributed by atoms with Crippen LogP contribution in [0.15, 0.2) is 35.8 Å². The summed E-state index contributed by atoms with van der Waals surface area (Å²) in [5, 5.41) is 16.0. The number of aromatic nitrogens is 2. The van der Waals surface area contributed by atoms with Crippen molar-refractivity contribution in [1.29, 1.82) is 0 Å². The van der Waals surface area contributed by atoms with E-state index in [1.54, 1.807) is 18.6 Å². The molecule has 0 saturated carbocycles. The number of nitrogens with one attached hydrogen (secondary N) is 1. The molecule has 2 aromatic heterocycles. The molecular weight excluding hydrogens is 342 g/mol. The molecule has 0 aliphatic rings. The maximum atomic E-state index is 12.3. The lowest BCUT2D eigenvalue weighted by Gasteiger charge is -2.16. The van der Waals surface area contributed by atoms with Gasteiger partial charge in [0, 0.05) is 18.1 Å². The Labute approximate surface area is 147 Å². The van der Waals surface area contributed by atoms with Crippen LogP contribution < -0.4 is 10.2 Å². The normalized spacial score (nSPS) is 10.8. The van der Waals surface area contributed by atoms with Crippen molar-refractivity contribution in [3.8, 4) is 0 Å². The van der Waals surface area contributed by atoms with Crippen molar-refractivity contribution >= 4 is 39.5 Å². The predicted molar refractivity (Wildman–Crippen MR) is 97.4 cm³/mol. The van der Waals surface area contributed by atoms with Crippen molar-refractivity contribution in [3.05, 3.63) is 51.5 Å². The van der Waals surface area contributed by atoms with Gasteiger partial charge in [-0.15, -0.1) is 0 Å². The van der Waals surface area contributed by atoms with Crippen molar-refractivity contribution < 1.29 is 9.72 Å². The molecule has 0 bridgehead atoms. The van der Waals surface area contributed by atoms with E-state index in [1.165, 1.54) is 20.6 Å². The molecule has 9 heteroatoms. The van der Waals surface area contributed by atoms with E-state index in [2.05, 4.69) is 10.3 Å². The van der Waals surface area contributed by atoms with Crippen LogP contribution in [0.1, 0.15) is 12.5 Å². The minimum absolute atomic E-state index is 0.0380. The highest BCUT2D eigenvalue weighted by Crippen LogP contribution is 2.30. The molecule has 1 amide bonds. The Morgan fingerprint density at radius 3 is 2.92 bits per heavy atom. The summed E-state index contributed by atoms with van der Waals surface area (Å²) < 4.78 is 1.42. The molecule has 0 saturated heterocycles. The second-order valence-corrected chi connectivity index (χ2v) is 6.36. The molecular formula is C16H17N5O3S. The lowest BCUT2D eigenvalue weighted by atomic mass is 10.1. The van der Waals surface area contributed by atoms with Crippen molar-refractivity contribution in [3.63, 3.8) is 0 Å². The number of rotatable bonds is 6. The molecule has 0 atom stereocenters. The number of aryl methyl sites for hydroxylation is 1. The molecule has 3 rings (SSSR count). The number of benzene rings is 1. The van der Waals surface area contributed by atoms with E-state index in [0.29, 0.717) is 4.96 Å². The maximum absolute atomic E-state index is 12.3. The number of imidazole rings is 1. The Hall–Kier alpha value is -2.94. The average molecular weight is 359 g/mol. The standard InChI is InChI=1S/C16H17N5O3S/c1-3-11-6-4-5-7-12(11)17-13(22)10-19(2)14-15(21(23)24)20-8-9-25-16(20)18-14/h4-9H,3,10H2,1-2H3,(H,17,22). The van der Waals surface area contributed by atoms with Crippen LogP contribution >= 0.6 is 11.3 Å². The van der Waals surface area contributed by atoms with Crippen LogP contribution in [0.4, 0.5) is 17.3 Å². The number of likely N-dealkylation sites (N-methyl/N-ethyl adjacent to an activating group) is 1. The van der Waals surface area contributed by atoms with Gasteiger partial charge in [-0.05, 0) is 23.0 Å². The lowest BCUT2D eigenvalue weighted by molar-refractivity contribution is -0.389. The van der Waals surface area contributed by atoms with E-state index >= 15 is 0 Å². The van der Waals surface area contributed by atoms with E-state index in [4.69, 9.17) is 0 Å². The number of hydrogen-bond acceptors (Lipinski definition) is 6. The zero-order valence-electron chi connectivity index (χ0n) is 13.8. The monoisotopic (exact) mass is 359 g/mol. The van der Waals surface area contributed by atoms with Crippen LogP contribution in [-0.2, 0) is 11.2 Å². The molecule has 130 valence electrons. The van der Waals surface area contributed by atoms with E-state index < -0.39 is 4.92 Å². The van der Waals surface area contributed by atoms with Crippen molar-refractivity contribution in [2.75, 3.05) is 23.8 Å². The number of anilines is 2. The first-order chi connectivity index (χ1) is 12.0. The first-order valence-corrected chi connectivity index (χ1v) is 8.58. The second kappa shape index (κ2) is 6.89. The number of fused-ring (bicyclic) bond motifs is 1. The summed E-state index contributed by atoms with van der Waals surface area (Å²) in [5.41, 5.74) is 1.79. The Kier molecular flexibility index (Phi) is 4.66. The summed E-state index contributed by atoms with van der Waals surface area (Å²) >= 11 is 1.30. The summed E-state index contributed by atoms with van der Waals surface area (Å²) in [6, 6.07) is 7.56. The van der Waals surface area contributed by atoms with Crippen LogP contribution in [0, 0.1) is 10.1 Å². The smallest absolute Gasteiger partial charge is 0.358 e. The zero-order valence-corrected chi connectivity index (χ0v) is 14.6. The Morgan fingerprint density at radius 1 is 1.44 bits per heavy atom. The van der Waals surface area contributed by atoms with E-state index in [-0.39, 0.29) is 24.1 Å². The van der Waals surface area contributed by atoms with Crippen molar-refractivity contribution in [2.24, 2.45) is 0 Å². The summed E-state index contributed by atoms with van der Waals surface area (Å²) in [7, 11) is 1.62. The van der Waals surface area contributed by atoms with Gasteiger partial charge in [0.1, 0.15) is 6.20 Å². The Bertz CT molecular complexity index is 933. The third-order valence-electron chi connectivity index (χ3n) is 3.81. The number of carbonyl (C=O) groups is 1. The topological polar surface area (TPSA) is 92.8 Å². The fourth-order valence-electron chi connectivity index (χ4n) is 2.62. The molecule has 0 aliphatic carbocycles. The molecule has 25 heavy (non-hydrogen) atoms. The molecule has 2 heterocycles. The molecule has 0 unspecified atom stereocenters. The van der Waals surface area contributed by atoms with Crippen LogP contribution in [0.25, 0.3) is 4.96 Å². The van der Waals surface area contributed by atoms with Gasteiger partial charge in [-0.2, -0.15) is 9.38 Å². The van der Waals surface area contributed by atoms with Gasteiger partial charge in [0.05, 0.1) is 6.54 Å². The number of hydrogen-bond donors (Lipinski definition) is 1. The number of nitro groups is 1. The van der Waals surface area contributed by atoms with E-state index in [9.17, 15) is 14.9 Å². The first-order valence-electron chi connectivity index (χ1n) is 7.70. The third-order valence-corrected chi connectivity index (χ3v) is 4.56. The quantitative estimate of drug-likeness (QED) is 0.539. The summed E-state index contributed by atoms with van der Waals surface area (Å²) in [6.07, 6.45) is 2.40. The van der Waals surface area contributed by atoms with Gasteiger partial charge in [0.2, 0.25) is 11.7 Å². The van der Waals surface area contributed by atoms with Gasteiger partial charge < -0.3 is 20.3 Å². The van der Waals surface area contributed by atoms with Crippen molar-refractivity contribution in [1.82, 2.24) is 9.38 Å². The number of amides is 1. The molecule has 1 N–H and O–H groups in total. The molecule has 8 nitrogen and oxygen atoms in total. The van der Waals surface area contributed by atoms with Gasteiger partial charge in [-0.3, -0.25) is 4.79 Å². The van der Waals surface area contributed by atoms with Gasteiger partial charge in [0.25, 0.3) is 4.96 Å². The summed E-state index contributed by atoms with van der Waals surface area (Å²) in [4.78, 5) is 29.5. The van der Waals surface area contributed by atoms with Gasteiger partial charge in [-0.25, -0.2) is 0 Å². The number of carbonyl (C=O) groups excluding carboxylic acids is 1. The van der Waals surface area contributed by atoms with Gasteiger partial charge >= 0.3 is 5.82 Å². The molecule has 0 fully saturated rings. The van der Waals surface area contributed by atoms with Crippen LogP contribution in [0.2, 0.25) is 0 Å². The first kappa shape index (κ1) is 16.9. The van der Waals surface area contributed by atoms with Crippen LogP contribution in [0.3, 0.4) is 0 Å². The highest BCUT2D eigenvalue weighted by atomic mass is 32.1.